The minimum atomic E-state index is -0.166. The van der Waals surface area contributed by atoms with Crippen LogP contribution in [0.4, 0.5) is 0 Å². The highest BCUT2D eigenvalue weighted by Gasteiger charge is 2.15. The lowest BCUT2D eigenvalue weighted by Gasteiger charge is -2.14. The standard InChI is InChI=1S/C14H18N4O/c1-9-7-10(2)16-12(8-9)14(19)17-11(3)13-5-6-15-18(13)4/h5-8,11H,1-4H3,(H,17,19). The Morgan fingerprint density at radius 3 is 2.68 bits per heavy atom. The minimum Gasteiger partial charge on any atom is -0.343 e. The Kier molecular flexibility index (Phi) is 3.64. The van der Waals surface area contributed by atoms with E-state index in [1.54, 1.807) is 16.9 Å². The Balaban J connectivity index is 2.15. The highest BCUT2D eigenvalue weighted by molar-refractivity contribution is 5.92. The molecule has 0 aromatic carbocycles. The third-order valence-electron chi connectivity index (χ3n) is 2.98. The van der Waals surface area contributed by atoms with Crippen molar-refractivity contribution in [2.24, 2.45) is 7.05 Å². The number of carbonyl (C=O) groups excluding carboxylic acids is 1. The lowest BCUT2D eigenvalue weighted by Crippen LogP contribution is -2.28. The van der Waals surface area contributed by atoms with Gasteiger partial charge in [-0.05, 0) is 44.5 Å². The Morgan fingerprint density at radius 1 is 1.37 bits per heavy atom. The van der Waals surface area contributed by atoms with E-state index in [2.05, 4.69) is 15.4 Å². The second-order valence-corrected chi connectivity index (χ2v) is 4.75. The zero-order chi connectivity index (χ0) is 14.0. The Bertz CT molecular complexity index is 583. The van der Waals surface area contributed by atoms with Crippen LogP contribution in [0.3, 0.4) is 0 Å². The second-order valence-electron chi connectivity index (χ2n) is 4.75. The summed E-state index contributed by atoms with van der Waals surface area (Å²) in [7, 11) is 1.85. The fraction of sp³-hybridized carbons (Fsp3) is 0.357. The molecule has 2 heterocycles. The van der Waals surface area contributed by atoms with Gasteiger partial charge < -0.3 is 5.32 Å². The molecule has 1 amide bonds. The Hall–Kier alpha value is -2.17. The van der Waals surface area contributed by atoms with Crippen molar-refractivity contribution in [2.45, 2.75) is 26.8 Å². The number of nitrogens with zero attached hydrogens (tertiary/aromatic N) is 3. The molecule has 2 rings (SSSR count). The molecule has 100 valence electrons. The molecule has 2 aromatic rings. The van der Waals surface area contributed by atoms with Crippen LogP contribution in [0.2, 0.25) is 0 Å². The van der Waals surface area contributed by atoms with E-state index in [0.29, 0.717) is 5.69 Å². The maximum atomic E-state index is 12.2. The Morgan fingerprint density at radius 2 is 2.11 bits per heavy atom. The van der Waals surface area contributed by atoms with Gasteiger partial charge in [-0.3, -0.25) is 9.48 Å². The van der Waals surface area contributed by atoms with Crippen LogP contribution in [0.1, 0.15) is 40.4 Å². The van der Waals surface area contributed by atoms with Crippen molar-refractivity contribution in [1.29, 1.82) is 0 Å². The fourth-order valence-corrected chi connectivity index (χ4v) is 2.11. The molecule has 0 saturated heterocycles. The topological polar surface area (TPSA) is 59.8 Å². The van der Waals surface area contributed by atoms with Gasteiger partial charge in [0.1, 0.15) is 5.69 Å². The van der Waals surface area contributed by atoms with Gasteiger partial charge in [0, 0.05) is 18.9 Å². The number of rotatable bonds is 3. The van der Waals surface area contributed by atoms with Crippen LogP contribution in [0.15, 0.2) is 24.4 Å². The lowest BCUT2D eigenvalue weighted by molar-refractivity contribution is 0.0933. The monoisotopic (exact) mass is 258 g/mol. The Labute approximate surface area is 112 Å². The quantitative estimate of drug-likeness (QED) is 0.915. The smallest absolute Gasteiger partial charge is 0.270 e. The maximum absolute atomic E-state index is 12.2. The summed E-state index contributed by atoms with van der Waals surface area (Å²) in [5.41, 5.74) is 3.29. The van der Waals surface area contributed by atoms with Crippen molar-refractivity contribution in [3.05, 3.63) is 47.0 Å². The van der Waals surface area contributed by atoms with Crippen molar-refractivity contribution in [3.8, 4) is 0 Å². The van der Waals surface area contributed by atoms with Crippen LogP contribution in [0.25, 0.3) is 0 Å². The van der Waals surface area contributed by atoms with Crippen LogP contribution in [-0.4, -0.2) is 20.7 Å². The molecule has 0 bridgehead atoms. The van der Waals surface area contributed by atoms with Crippen LogP contribution in [0.5, 0.6) is 0 Å². The average molecular weight is 258 g/mol. The third-order valence-corrected chi connectivity index (χ3v) is 2.98. The fourth-order valence-electron chi connectivity index (χ4n) is 2.11. The molecule has 0 fully saturated rings. The highest BCUT2D eigenvalue weighted by Crippen LogP contribution is 2.12. The number of hydrogen-bond acceptors (Lipinski definition) is 3. The zero-order valence-electron chi connectivity index (χ0n) is 11.6. The highest BCUT2D eigenvalue weighted by atomic mass is 16.1. The van der Waals surface area contributed by atoms with Crippen LogP contribution in [-0.2, 0) is 7.05 Å². The lowest BCUT2D eigenvalue weighted by atomic mass is 10.2. The molecule has 5 heteroatoms. The van der Waals surface area contributed by atoms with Gasteiger partial charge in [-0.2, -0.15) is 5.10 Å². The van der Waals surface area contributed by atoms with Gasteiger partial charge in [0.2, 0.25) is 0 Å². The number of aryl methyl sites for hydroxylation is 3. The molecule has 2 aromatic heterocycles. The van der Waals surface area contributed by atoms with Gasteiger partial charge in [0.25, 0.3) is 5.91 Å². The number of aromatic nitrogens is 3. The molecule has 0 saturated carbocycles. The predicted molar refractivity (Wildman–Crippen MR) is 72.8 cm³/mol. The van der Waals surface area contributed by atoms with E-state index >= 15 is 0 Å². The van der Waals surface area contributed by atoms with Gasteiger partial charge in [-0.25, -0.2) is 4.98 Å². The summed E-state index contributed by atoms with van der Waals surface area (Å²) in [4.78, 5) is 16.4. The maximum Gasteiger partial charge on any atom is 0.270 e. The van der Waals surface area contributed by atoms with Gasteiger partial charge in [-0.15, -0.1) is 0 Å². The van der Waals surface area contributed by atoms with Gasteiger partial charge in [0.05, 0.1) is 11.7 Å². The summed E-state index contributed by atoms with van der Waals surface area (Å²) in [6.45, 7) is 5.77. The van der Waals surface area contributed by atoms with E-state index in [1.165, 1.54) is 0 Å². The summed E-state index contributed by atoms with van der Waals surface area (Å²) in [5, 5.41) is 7.03. The molecule has 0 aliphatic rings. The van der Waals surface area contributed by atoms with Crippen molar-refractivity contribution in [1.82, 2.24) is 20.1 Å². The molecule has 0 aliphatic carbocycles. The van der Waals surface area contributed by atoms with E-state index in [-0.39, 0.29) is 11.9 Å². The molecule has 5 nitrogen and oxygen atoms in total. The first kappa shape index (κ1) is 13.3. The van der Waals surface area contributed by atoms with Crippen molar-refractivity contribution in [3.63, 3.8) is 0 Å². The van der Waals surface area contributed by atoms with E-state index in [1.807, 2.05) is 40.0 Å². The summed E-state index contributed by atoms with van der Waals surface area (Å²) < 4.78 is 1.75. The van der Waals surface area contributed by atoms with E-state index < -0.39 is 0 Å². The first-order chi connectivity index (χ1) is 8.97. The largest absolute Gasteiger partial charge is 0.343 e. The van der Waals surface area contributed by atoms with Crippen molar-refractivity contribution >= 4 is 5.91 Å². The number of pyridine rings is 1. The predicted octanol–water partition coefficient (Wildman–Crippen LogP) is 1.92. The molecule has 0 spiro atoms. The number of amides is 1. The molecular weight excluding hydrogens is 240 g/mol. The zero-order valence-corrected chi connectivity index (χ0v) is 11.6. The van der Waals surface area contributed by atoms with Crippen LogP contribution >= 0.6 is 0 Å². The summed E-state index contributed by atoms with van der Waals surface area (Å²) in [6.07, 6.45) is 1.72. The molecular formula is C14H18N4O. The van der Waals surface area contributed by atoms with E-state index in [0.717, 1.165) is 17.0 Å². The molecule has 1 unspecified atom stereocenters. The number of hydrogen-bond donors (Lipinski definition) is 1. The molecule has 19 heavy (non-hydrogen) atoms. The summed E-state index contributed by atoms with van der Waals surface area (Å²) in [5.74, 6) is -0.166. The first-order valence-electron chi connectivity index (χ1n) is 6.21. The van der Waals surface area contributed by atoms with Crippen LogP contribution in [0, 0.1) is 13.8 Å². The van der Waals surface area contributed by atoms with Crippen molar-refractivity contribution < 1.29 is 4.79 Å². The molecule has 0 aliphatic heterocycles. The van der Waals surface area contributed by atoms with Gasteiger partial charge in [0.15, 0.2) is 0 Å². The third kappa shape index (κ3) is 2.99. The van der Waals surface area contributed by atoms with E-state index in [9.17, 15) is 4.79 Å². The van der Waals surface area contributed by atoms with Gasteiger partial charge >= 0.3 is 0 Å². The molecule has 1 atom stereocenters. The number of nitrogens with one attached hydrogen (secondary N) is 1. The average Bonchev–Trinajstić information content (AvgIpc) is 2.74. The second kappa shape index (κ2) is 5.22. The minimum absolute atomic E-state index is 0.109. The number of carbonyl (C=O) groups is 1. The van der Waals surface area contributed by atoms with Gasteiger partial charge in [-0.1, -0.05) is 0 Å². The normalized spacial score (nSPS) is 12.2. The van der Waals surface area contributed by atoms with Crippen molar-refractivity contribution in [2.75, 3.05) is 0 Å². The summed E-state index contributed by atoms with van der Waals surface area (Å²) in [6, 6.07) is 5.52. The molecule has 0 radical (unpaired) electrons. The van der Waals surface area contributed by atoms with E-state index in [4.69, 9.17) is 0 Å². The summed E-state index contributed by atoms with van der Waals surface area (Å²) >= 11 is 0. The molecule has 1 N–H and O–H groups in total. The SMILES string of the molecule is Cc1cc(C)nc(C(=O)NC(C)c2ccnn2C)c1. The first-order valence-corrected chi connectivity index (χ1v) is 6.21. The van der Waals surface area contributed by atoms with Crippen LogP contribution < -0.4 is 5.32 Å².